The average Bonchev–Trinajstić information content (AvgIpc) is 2.48. The van der Waals surface area contributed by atoms with Crippen LogP contribution < -0.4 is 5.32 Å². The Labute approximate surface area is 126 Å². The van der Waals surface area contributed by atoms with E-state index in [2.05, 4.69) is 10.5 Å². The minimum Gasteiger partial charge on any atom is -0.386 e. The third kappa shape index (κ3) is 5.24. The van der Waals surface area contributed by atoms with Crippen molar-refractivity contribution >= 4 is 29.4 Å². The van der Waals surface area contributed by atoms with Crippen molar-refractivity contribution in [2.75, 3.05) is 11.9 Å². The molecule has 0 spiro atoms. The monoisotopic (exact) mass is 306 g/mol. The van der Waals surface area contributed by atoms with Crippen LogP contribution in [0.5, 0.6) is 0 Å². The van der Waals surface area contributed by atoms with Gasteiger partial charge in [-0.2, -0.15) is 0 Å². The molecule has 0 aliphatic heterocycles. The van der Waals surface area contributed by atoms with Crippen molar-refractivity contribution in [3.63, 3.8) is 0 Å². The lowest BCUT2D eigenvalue weighted by Gasteiger charge is -2.03. The molecule has 0 radical (unpaired) electrons. The van der Waals surface area contributed by atoms with E-state index in [9.17, 15) is 9.18 Å². The number of nitrogens with zero attached hydrogens (tertiary/aromatic N) is 1. The van der Waals surface area contributed by atoms with Crippen molar-refractivity contribution in [1.29, 1.82) is 0 Å². The van der Waals surface area contributed by atoms with E-state index in [1.807, 2.05) is 0 Å². The summed E-state index contributed by atoms with van der Waals surface area (Å²) in [5, 5.41) is 6.86. The van der Waals surface area contributed by atoms with Crippen molar-refractivity contribution < 1.29 is 14.0 Å². The topological polar surface area (TPSA) is 50.7 Å². The first-order valence-electron chi connectivity index (χ1n) is 6.10. The maximum Gasteiger partial charge on any atom is 0.265 e. The Morgan fingerprint density at radius 2 is 1.86 bits per heavy atom. The van der Waals surface area contributed by atoms with Crippen LogP contribution in [0.3, 0.4) is 0 Å². The fraction of sp³-hybridized carbons (Fsp3) is 0.0667. The second-order valence-electron chi connectivity index (χ2n) is 4.11. The van der Waals surface area contributed by atoms with Gasteiger partial charge in [-0.25, -0.2) is 4.39 Å². The molecule has 0 heterocycles. The first-order valence-corrected chi connectivity index (χ1v) is 6.47. The lowest BCUT2D eigenvalue weighted by atomic mass is 10.2. The first kappa shape index (κ1) is 15.0. The van der Waals surface area contributed by atoms with Crippen LogP contribution in [-0.2, 0) is 9.63 Å². The maximum absolute atomic E-state index is 12.7. The van der Waals surface area contributed by atoms with Gasteiger partial charge in [0, 0.05) is 10.7 Å². The van der Waals surface area contributed by atoms with E-state index in [0.717, 1.165) is 5.56 Å². The number of oxime groups is 1. The molecule has 2 rings (SSSR count). The van der Waals surface area contributed by atoms with Crippen molar-refractivity contribution in [3.05, 3.63) is 64.9 Å². The van der Waals surface area contributed by atoms with Crippen LogP contribution in [0.1, 0.15) is 5.56 Å². The summed E-state index contributed by atoms with van der Waals surface area (Å²) in [6.07, 6.45) is 1.47. The quantitative estimate of drug-likeness (QED) is 0.679. The molecular weight excluding hydrogens is 295 g/mol. The summed E-state index contributed by atoms with van der Waals surface area (Å²) in [6.45, 7) is -0.235. The zero-order valence-electron chi connectivity index (χ0n) is 10.9. The van der Waals surface area contributed by atoms with E-state index in [1.54, 1.807) is 24.3 Å². The highest BCUT2D eigenvalue weighted by Crippen LogP contribution is 2.09. The fourth-order valence-corrected chi connectivity index (χ4v) is 1.60. The van der Waals surface area contributed by atoms with Gasteiger partial charge in [0.2, 0.25) is 0 Å². The number of nitrogens with one attached hydrogen (secondary N) is 1. The molecule has 1 N–H and O–H groups in total. The molecule has 0 unspecified atom stereocenters. The molecule has 0 saturated carbocycles. The molecule has 0 fully saturated rings. The van der Waals surface area contributed by atoms with Gasteiger partial charge in [0.05, 0.1) is 6.21 Å². The van der Waals surface area contributed by atoms with Gasteiger partial charge in [0.25, 0.3) is 5.91 Å². The average molecular weight is 307 g/mol. The minimum absolute atomic E-state index is 0.235. The summed E-state index contributed by atoms with van der Waals surface area (Å²) in [4.78, 5) is 16.4. The fourth-order valence-electron chi connectivity index (χ4n) is 1.47. The first-order chi connectivity index (χ1) is 10.1. The van der Waals surface area contributed by atoms with Gasteiger partial charge in [-0.05, 0) is 42.0 Å². The van der Waals surface area contributed by atoms with Gasteiger partial charge >= 0.3 is 0 Å². The van der Waals surface area contributed by atoms with Crippen molar-refractivity contribution in [3.8, 4) is 0 Å². The lowest BCUT2D eigenvalue weighted by Crippen LogP contribution is -2.16. The molecule has 0 aliphatic carbocycles. The number of carbonyl (C=O) groups is 1. The summed E-state index contributed by atoms with van der Waals surface area (Å²) in [7, 11) is 0. The van der Waals surface area contributed by atoms with Gasteiger partial charge < -0.3 is 10.2 Å². The summed E-state index contributed by atoms with van der Waals surface area (Å²) < 4.78 is 12.7. The molecule has 0 aliphatic rings. The van der Waals surface area contributed by atoms with Gasteiger partial charge in [-0.1, -0.05) is 28.9 Å². The molecule has 1 amide bonds. The molecule has 0 aromatic heterocycles. The van der Waals surface area contributed by atoms with Crippen molar-refractivity contribution in [2.24, 2.45) is 5.16 Å². The van der Waals surface area contributed by atoms with Gasteiger partial charge in [0.1, 0.15) is 5.82 Å². The Hall–Kier alpha value is -2.40. The van der Waals surface area contributed by atoms with E-state index < -0.39 is 0 Å². The summed E-state index contributed by atoms with van der Waals surface area (Å²) in [6, 6.07) is 12.4. The molecule has 21 heavy (non-hydrogen) atoms. The number of carbonyl (C=O) groups excluding carboxylic acids is 1. The highest BCUT2D eigenvalue weighted by atomic mass is 35.5. The standard InChI is InChI=1S/C15H12ClFN2O2/c16-12-3-1-11(2-4-12)9-18-21-10-15(20)19-14-7-5-13(17)6-8-14/h1-9H,10H2,(H,19,20). The second-order valence-corrected chi connectivity index (χ2v) is 4.55. The van der Waals surface area contributed by atoms with Gasteiger partial charge in [-0.3, -0.25) is 4.79 Å². The number of rotatable bonds is 5. The number of hydrogen-bond acceptors (Lipinski definition) is 3. The number of halogens is 2. The van der Waals surface area contributed by atoms with Crippen LogP contribution in [0.25, 0.3) is 0 Å². The number of anilines is 1. The predicted molar refractivity (Wildman–Crippen MR) is 80.0 cm³/mol. The van der Waals surface area contributed by atoms with Crippen LogP contribution in [0.4, 0.5) is 10.1 Å². The molecule has 0 atom stereocenters. The van der Waals surface area contributed by atoms with E-state index in [4.69, 9.17) is 16.4 Å². The van der Waals surface area contributed by atoms with Crippen molar-refractivity contribution in [2.45, 2.75) is 0 Å². The lowest BCUT2D eigenvalue weighted by molar-refractivity contribution is -0.120. The van der Waals surface area contributed by atoms with E-state index >= 15 is 0 Å². The Balaban J connectivity index is 1.76. The van der Waals surface area contributed by atoms with Crippen LogP contribution in [0, 0.1) is 5.82 Å². The molecule has 0 saturated heterocycles. The maximum atomic E-state index is 12.7. The van der Waals surface area contributed by atoms with Crippen LogP contribution in [-0.4, -0.2) is 18.7 Å². The predicted octanol–water partition coefficient (Wildman–Crippen LogP) is 3.47. The molecule has 0 bridgehead atoms. The van der Waals surface area contributed by atoms with Gasteiger partial charge in [0.15, 0.2) is 6.61 Å². The number of hydrogen-bond donors (Lipinski definition) is 1. The number of benzene rings is 2. The molecule has 6 heteroatoms. The molecule has 2 aromatic rings. The highest BCUT2D eigenvalue weighted by Gasteiger charge is 2.02. The largest absolute Gasteiger partial charge is 0.386 e. The van der Waals surface area contributed by atoms with Crippen LogP contribution >= 0.6 is 11.6 Å². The van der Waals surface area contributed by atoms with Crippen molar-refractivity contribution in [1.82, 2.24) is 0 Å². The van der Waals surface area contributed by atoms with E-state index in [1.165, 1.54) is 30.5 Å². The molecule has 2 aromatic carbocycles. The van der Waals surface area contributed by atoms with Crippen LogP contribution in [0.2, 0.25) is 5.02 Å². The second kappa shape index (κ2) is 7.40. The third-order valence-corrected chi connectivity index (χ3v) is 2.72. The zero-order chi connectivity index (χ0) is 15.1. The molecule has 4 nitrogen and oxygen atoms in total. The minimum atomic E-state index is -0.380. The SMILES string of the molecule is O=C(CON=Cc1ccc(Cl)cc1)Nc1ccc(F)cc1. The third-order valence-electron chi connectivity index (χ3n) is 2.47. The summed E-state index contributed by atoms with van der Waals surface area (Å²) >= 11 is 5.75. The number of amides is 1. The van der Waals surface area contributed by atoms with E-state index in [0.29, 0.717) is 10.7 Å². The summed E-state index contributed by atoms with van der Waals surface area (Å²) in [5.41, 5.74) is 1.30. The highest BCUT2D eigenvalue weighted by molar-refractivity contribution is 6.30. The Bertz CT molecular complexity index is 627. The van der Waals surface area contributed by atoms with Gasteiger partial charge in [-0.15, -0.1) is 0 Å². The molecular formula is C15H12ClFN2O2. The van der Waals surface area contributed by atoms with Crippen LogP contribution in [0.15, 0.2) is 53.7 Å². The zero-order valence-corrected chi connectivity index (χ0v) is 11.7. The Kier molecular flexibility index (Phi) is 5.29. The smallest absolute Gasteiger partial charge is 0.265 e. The normalized spacial score (nSPS) is 10.6. The Morgan fingerprint density at radius 1 is 1.19 bits per heavy atom. The molecule has 108 valence electrons. The van der Waals surface area contributed by atoms with E-state index in [-0.39, 0.29) is 18.3 Å². The summed E-state index contributed by atoms with van der Waals surface area (Å²) in [5.74, 6) is -0.744. The Morgan fingerprint density at radius 3 is 2.52 bits per heavy atom.